The third kappa shape index (κ3) is 5.87. The third-order valence-electron chi connectivity index (χ3n) is 4.22. The van der Waals surface area contributed by atoms with Crippen LogP contribution in [0.3, 0.4) is 0 Å². The molecule has 1 aromatic carbocycles. The van der Waals surface area contributed by atoms with Crippen molar-refractivity contribution in [3.05, 3.63) is 35.4 Å². The van der Waals surface area contributed by atoms with Gasteiger partial charge >= 0.3 is 6.09 Å². The van der Waals surface area contributed by atoms with Crippen LogP contribution in [0, 0.1) is 6.92 Å². The zero-order chi connectivity index (χ0) is 17.0. The number of aryl methyl sites for hydroxylation is 1. The zero-order valence-electron chi connectivity index (χ0n) is 15.0. The molecule has 1 aliphatic carbocycles. The molecule has 2 rings (SSSR count). The van der Waals surface area contributed by atoms with Gasteiger partial charge < -0.3 is 15.4 Å². The summed E-state index contributed by atoms with van der Waals surface area (Å²) in [5.41, 5.74) is 2.14. The van der Waals surface area contributed by atoms with Crippen LogP contribution in [0.5, 0.6) is 0 Å². The fourth-order valence-electron chi connectivity index (χ4n) is 3.04. The second kappa shape index (κ2) is 7.35. The van der Waals surface area contributed by atoms with Crippen LogP contribution in [0.15, 0.2) is 24.3 Å². The van der Waals surface area contributed by atoms with Gasteiger partial charge in [-0.3, -0.25) is 0 Å². The van der Waals surface area contributed by atoms with Crippen molar-refractivity contribution in [2.45, 2.75) is 77.6 Å². The highest BCUT2D eigenvalue weighted by atomic mass is 16.6. The summed E-state index contributed by atoms with van der Waals surface area (Å²) < 4.78 is 5.33. The highest BCUT2D eigenvalue weighted by molar-refractivity contribution is 5.68. The van der Waals surface area contributed by atoms with E-state index in [1.165, 1.54) is 11.1 Å². The van der Waals surface area contributed by atoms with E-state index in [1.54, 1.807) is 0 Å². The van der Waals surface area contributed by atoms with Crippen LogP contribution in [-0.4, -0.2) is 23.8 Å². The molecule has 1 saturated carbocycles. The van der Waals surface area contributed by atoms with Crippen LogP contribution in [0.4, 0.5) is 4.79 Å². The minimum atomic E-state index is -0.444. The molecular formula is C19H30N2O2. The maximum absolute atomic E-state index is 11.8. The Morgan fingerprint density at radius 2 is 1.78 bits per heavy atom. The Bertz CT molecular complexity index is 519. The van der Waals surface area contributed by atoms with Gasteiger partial charge in [-0.2, -0.15) is 0 Å². The number of carbonyl (C=O) groups excluding carboxylic acids is 1. The predicted octanol–water partition coefficient (Wildman–Crippen LogP) is 4.09. The number of hydrogen-bond donors (Lipinski definition) is 2. The van der Waals surface area contributed by atoms with E-state index in [-0.39, 0.29) is 12.1 Å². The highest BCUT2D eigenvalue weighted by Gasteiger charge is 2.28. The topological polar surface area (TPSA) is 50.4 Å². The molecule has 2 unspecified atom stereocenters. The normalized spacial score (nSPS) is 22.7. The summed E-state index contributed by atoms with van der Waals surface area (Å²) in [6.45, 7) is 9.95. The Labute approximate surface area is 140 Å². The van der Waals surface area contributed by atoms with Crippen molar-refractivity contribution < 1.29 is 9.53 Å². The van der Waals surface area contributed by atoms with Gasteiger partial charge in [-0.05, 0) is 59.4 Å². The molecule has 128 valence electrons. The van der Waals surface area contributed by atoms with Gasteiger partial charge in [-0.25, -0.2) is 4.79 Å². The standard InChI is InChI=1S/C19H30N2O2/c1-13-6-8-15(9-7-13)14(2)20-16-10-11-17(12-16)21-18(22)23-19(3,4)5/h6-9,14,16-17,20H,10-12H2,1-5H3,(H,21,22)/t14-,16?,17?/m0/s1. The van der Waals surface area contributed by atoms with Crippen LogP contribution in [0.2, 0.25) is 0 Å². The van der Waals surface area contributed by atoms with Crippen molar-refractivity contribution in [3.8, 4) is 0 Å². The molecule has 2 N–H and O–H groups in total. The molecular weight excluding hydrogens is 288 g/mol. The summed E-state index contributed by atoms with van der Waals surface area (Å²) in [7, 11) is 0. The van der Waals surface area contributed by atoms with Crippen LogP contribution in [0.25, 0.3) is 0 Å². The average Bonchev–Trinajstić information content (AvgIpc) is 2.84. The number of alkyl carbamates (subject to hydrolysis) is 1. The maximum Gasteiger partial charge on any atom is 0.407 e. The van der Waals surface area contributed by atoms with E-state index in [0.717, 1.165) is 19.3 Å². The summed E-state index contributed by atoms with van der Waals surface area (Å²) in [6.07, 6.45) is 2.72. The number of hydrogen-bond acceptors (Lipinski definition) is 3. The molecule has 4 nitrogen and oxygen atoms in total. The number of carbonyl (C=O) groups is 1. The lowest BCUT2D eigenvalue weighted by Gasteiger charge is -2.22. The Balaban J connectivity index is 1.79. The molecule has 1 amide bonds. The first-order chi connectivity index (χ1) is 10.7. The smallest absolute Gasteiger partial charge is 0.407 e. The first-order valence-corrected chi connectivity index (χ1v) is 8.55. The number of ether oxygens (including phenoxy) is 1. The number of amides is 1. The third-order valence-corrected chi connectivity index (χ3v) is 4.22. The molecule has 3 atom stereocenters. The van der Waals surface area contributed by atoms with Gasteiger partial charge in [0.1, 0.15) is 5.60 Å². The van der Waals surface area contributed by atoms with Gasteiger partial charge in [0.05, 0.1) is 0 Å². The Morgan fingerprint density at radius 3 is 2.39 bits per heavy atom. The molecule has 0 aliphatic heterocycles. The van der Waals surface area contributed by atoms with Crippen LogP contribution in [-0.2, 0) is 4.74 Å². The van der Waals surface area contributed by atoms with Crippen molar-refractivity contribution in [3.63, 3.8) is 0 Å². The minimum Gasteiger partial charge on any atom is -0.444 e. The van der Waals surface area contributed by atoms with Crippen molar-refractivity contribution >= 4 is 6.09 Å². The molecule has 0 saturated heterocycles. The van der Waals surface area contributed by atoms with E-state index in [0.29, 0.717) is 12.1 Å². The maximum atomic E-state index is 11.8. The summed E-state index contributed by atoms with van der Waals surface area (Å²) in [5, 5.41) is 6.66. The molecule has 1 aromatic rings. The molecule has 1 fully saturated rings. The highest BCUT2D eigenvalue weighted by Crippen LogP contribution is 2.23. The van der Waals surface area contributed by atoms with E-state index in [2.05, 4.69) is 48.7 Å². The molecule has 1 aliphatic rings. The fourth-order valence-corrected chi connectivity index (χ4v) is 3.04. The SMILES string of the molecule is Cc1ccc([C@H](C)NC2CCC(NC(=O)OC(C)(C)C)C2)cc1. The molecule has 4 heteroatoms. The molecule has 23 heavy (non-hydrogen) atoms. The van der Waals surface area contributed by atoms with Crippen molar-refractivity contribution in [2.24, 2.45) is 0 Å². The first-order valence-electron chi connectivity index (χ1n) is 8.55. The van der Waals surface area contributed by atoms with Crippen molar-refractivity contribution in [1.29, 1.82) is 0 Å². The lowest BCUT2D eigenvalue weighted by Crippen LogP contribution is -2.39. The fraction of sp³-hybridized carbons (Fsp3) is 0.632. The van der Waals surface area contributed by atoms with E-state index < -0.39 is 5.60 Å². The van der Waals surface area contributed by atoms with Crippen molar-refractivity contribution in [1.82, 2.24) is 10.6 Å². The summed E-state index contributed by atoms with van der Waals surface area (Å²) in [6, 6.07) is 9.61. The number of rotatable bonds is 4. The van der Waals surface area contributed by atoms with Gasteiger partial charge in [0.2, 0.25) is 0 Å². The largest absolute Gasteiger partial charge is 0.444 e. The molecule has 0 heterocycles. The van der Waals surface area contributed by atoms with E-state index in [1.807, 2.05) is 20.8 Å². The van der Waals surface area contributed by atoms with Gasteiger partial charge in [-0.15, -0.1) is 0 Å². The second-order valence-corrected chi connectivity index (χ2v) is 7.65. The number of nitrogens with one attached hydrogen (secondary N) is 2. The molecule has 0 bridgehead atoms. The second-order valence-electron chi connectivity index (χ2n) is 7.65. The monoisotopic (exact) mass is 318 g/mol. The van der Waals surface area contributed by atoms with Crippen LogP contribution >= 0.6 is 0 Å². The molecule has 0 spiro atoms. The summed E-state index contributed by atoms with van der Waals surface area (Å²) in [4.78, 5) is 11.8. The Hall–Kier alpha value is -1.55. The van der Waals surface area contributed by atoms with E-state index in [9.17, 15) is 4.79 Å². The van der Waals surface area contributed by atoms with E-state index in [4.69, 9.17) is 4.74 Å². The Morgan fingerprint density at radius 1 is 1.17 bits per heavy atom. The van der Waals surface area contributed by atoms with Gasteiger partial charge in [0, 0.05) is 18.1 Å². The van der Waals surface area contributed by atoms with Crippen molar-refractivity contribution in [2.75, 3.05) is 0 Å². The zero-order valence-corrected chi connectivity index (χ0v) is 15.0. The van der Waals surface area contributed by atoms with Gasteiger partial charge in [0.25, 0.3) is 0 Å². The van der Waals surface area contributed by atoms with Crippen LogP contribution in [0.1, 0.15) is 64.1 Å². The quantitative estimate of drug-likeness (QED) is 0.879. The van der Waals surface area contributed by atoms with Gasteiger partial charge in [0.15, 0.2) is 0 Å². The van der Waals surface area contributed by atoms with E-state index >= 15 is 0 Å². The average molecular weight is 318 g/mol. The first kappa shape index (κ1) is 17.8. The molecule has 0 radical (unpaired) electrons. The summed E-state index contributed by atoms with van der Waals surface area (Å²) >= 11 is 0. The number of benzene rings is 1. The predicted molar refractivity (Wildman–Crippen MR) is 93.5 cm³/mol. The van der Waals surface area contributed by atoms with Gasteiger partial charge in [-0.1, -0.05) is 29.8 Å². The Kier molecular flexibility index (Phi) is 5.69. The lowest BCUT2D eigenvalue weighted by atomic mass is 10.1. The summed E-state index contributed by atoms with van der Waals surface area (Å²) in [5.74, 6) is 0. The van der Waals surface area contributed by atoms with Crippen LogP contribution < -0.4 is 10.6 Å². The molecule has 0 aromatic heterocycles. The minimum absolute atomic E-state index is 0.201. The lowest BCUT2D eigenvalue weighted by molar-refractivity contribution is 0.0505.